The van der Waals surface area contributed by atoms with Crippen molar-refractivity contribution in [2.75, 3.05) is 18.0 Å². The van der Waals surface area contributed by atoms with E-state index in [9.17, 15) is 13.6 Å². The molecule has 1 N–H and O–H groups in total. The maximum atomic E-state index is 12.6. The van der Waals surface area contributed by atoms with Crippen molar-refractivity contribution in [2.45, 2.75) is 30.7 Å². The molecule has 1 aliphatic rings. The van der Waals surface area contributed by atoms with Crippen LogP contribution in [0, 0.1) is 6.92 Å². The average Bonchev–Trinajstić information content (AvgIpc) is 2.97. The fourth-order valence-corrected chi connectivity index (χ4v) is 3.37. The summed E-state index contributed by atoms with van der Waals surface area (Å²) >= 11 is -2.24. The van der Waals surface area contributed by atoms with Crippen molar-refractivity contribution in [1.82, 2.24) is 5.32 Å². The predicted molar refractivity (Wildman–Crippen MR) is 97.3 cm³/mol. The second-order valence-electron chi connectivity index (χ2n) is 6.25. The standard InChI is InChI=1S/C19H22N2O3S/c1-14-2-4-15(5-3-14)10-12-20-18-11-13-21(19(18)22)16-6-8-17(9-7-16)25(23)24/h2-9,18,20H,10-13H2,1H3,(H,23,24)/p-1. The molecule has 1 heterocycles. The molecule has 1 saturated heterocycles. The Labute approximate surface area is 150 Å². The van der Waals surface area contributed by atoms with E-state index in [2.05, 4.69) is 36.5 Å². The lowest BCUT2D eigenvalue weighted by atomic mass is 10.1. The van der Waals surface area contributed by atoms with Gasteiger partial charge in [-0.2, -0.15) is 0 Å². The number of benzene rings is 2. The first kappa shape index (κ1) is 17.8. The van der Waals surface area contributed by atoms with E-state index in [-0.39, 0.29) is 16.8 Å². The molecular formula is C19H21N2O3S-. The van der Waals surface area contributed by atoms with Crippen molar-refractivity contribution < 1.29 is 13.6 Å². The number of hydrogen-bond donors (Lipinski definition) is 1. The number of nitrogens with zero attached hydrogens (tertiary/aromatic N) is 1. The first-order valence-corrected chi connectivity index (χ1v) is 9.42. The Bertz CT molecular complexity index is 759. The van der Waals surface area contributed by atoms with E-state index in [0.29, 0.717) is 6.54 Å². The Morgan fingerprint density at radius 2 is 1.84 bits per heavy atom. The summed E-state index contributed by atoms with van der Waals surface area (Å²) in [6.45, 7) is 3.46. The third-order valence-electron chi connectivity index (χ3n) is 4.47. The fraction of sp³-hybridized carbons (Fsp3) is 0.316. The van der Waals surface area contributed by atoms with Gasteiger partial charge in [0.2, 0.25) is 5.91 Å². The number of amides is 1. The van der Waals surface area contributed by atoms with Gasteiger partial charge in [-0.25, -0.2) is 0 Å². The molecule has 0 radical (unpaired) electrons. The van der Waals surface area contributed by atoms with E-state index in [1.807, 2.05) is 0 Å². The minimum atomic E-state index is -2.24. The summed E-state index contributed by atoms with van der Waals surface area (Å²) < 4.78 is 21.8. The van der Waals surface area contributed by atoms with Crippen LogP contribution in [0.2, 0.25) is 0 Å². The van der Waals surface area contributed by atoms with E-state index in [0.717, 1.165) is 25.1 Å². The molecule has 2 atom stereocenters. The van der Waals surface area contributed by atoms with Gasteiger partial charge in [0.1, 0.15) is 0 Å². The molecule has 132 valence electrons. The maximum Gasteiger partial charge on any atom is 0.244 e. The quantitative estimate of drug-likeness (QED) is 0.804. The first-order valence-electron chi connectivity index (χ1n) is 8.34. The topological polar surface area (TPSA) is 72.5 Å². The van der Waals surface area contributed by atoms with Crippen LogP contribution >= 0.6 is 0 Å². The van der Waals surface area contributed by atoms with E-state index in [4.69, 9.17) is 0 Å². The zero-order chi connectivity index (χ0) is 17.8. The molecule has 5 nitrogen and oxygen atoms in total. The van der Waals surface area contributed by atoms with Crippen LogP contribution < -0.4 is 10.2 Å². The monoisotopic (exact) mass is 357 g/mol. The lowest BCUT2D eigenvalue weighted by Gasteiger charge is -2.18. The Morgan fingerprint density at radius 3 is 2.48 bits per heavy atom. The van der Waals surface area contributed by atoms with Crippen LogP contribution in [0.15, 0.2) is 53.4 Å². The smallest absolute Gasteiger partial charge is 0.244 e. The van der Waals surface area contributed by atoms with Crippen LogP contribution in [0.4, 0.5) is 5.69 Å². The zero-order valence-electron chi connectivity index (χ0n) is 14.1. The van der Waals surface area contributed by atoms with Crippen LogP contribution in [-0.2, 0) is 22.3 Å². The maximum absolute atomic E-state index is 12.6. The van der Waals surface area contributed by atoms with Gasteiger partial charge in [0.25, 0.3) is 0 Å². The zero-order valence-corrected chi connectivity index (χ0v) is 14.9. The van der Waals surface area contributed by atoms with Crippen molar-refractivity contribution in [2.24, 2.45) is 0 Å². The van der Waals surface area contributed by atoms with E-state index < -0.39 is 11.1 Å². The highest BCUT2D eigenvalue weighted by atomic mass is 32.2. The van der Waals surface area contributed by atoms with Gasteiger partial charge < -0.3 is 14.8 Å². The first-order chi connectivity index (χ1) is 12.0. The van der Waals surface area contributed by atoms with Gasteiger partial charge in [-0.3, -0.25) is 9.00 Å². The van der Waals surface area contributed by atoms with E-state index >= 15 is 0 Å². The summed E-state index contributed by atoms with van der Waals surface area (Å²) in [4.78, 5) is 14.5. The van der Waals surface area contributed by atoms with Crippen molar-refractivity contribution in [3.05, 3.63) is 59.7 Å². The summed E-state index contributed by atoms with van der Waals surface area (Å²) in [6.07, 6.45) is 1.63. The Kier molecular flexibility index (Phi) is 5.63. The molecule has 25 heavy (non-hydrogen) atoms. The minimum Gasteiger partial charge on any atom is -0.768 e. The summed E-state index contributed by atoms with van der Waals surface area (Å²) in [7, 11) is 0. The molecule has 3 rings (SSSR count). The fourth-order valence-electron chi connectivity index (χ4n) is 3.01. The lowest BCUT2D eigenvalue weighted by Crippen LogP contribution is -2.39. The second-order valence-corrected chi connectivity index (χ2v) is 7.19. The second kappa shape index (κ2) is 7.91. The molecular weight excluding hydrogens is 336 g/mol. The van der Waals surface area contributed by atoms with Gasteiger partial charge in [0.15, 0.2) is 0 Å². The van der Waals surface area contributed by atoms with Crippen molar-refractivity contribution >= 4 is 22.7 Å². The average molecular weight is 357 g/mol. The number of rotatable bonds is 6. The Hall–Kier alpha value is -2.02. The van der Waals surface area contributed by atoms with Crippen LogP contribution in [0.1, 0.15) is 17.5 Å². The molecule has 2 aromatic rings. The molecule has 1 aliphatic heterocycles. The van der Waals surface area contributed by atoms with E-state index in [1.165, 1.54) is 23.3 Å². The van der Waals surface area contributed by atoms with Crippen LogP contribution in [0.3, 0.4) is 0 Å². The summed E-state index contributed by atoms with van der Waals surface area (Å²) in [5.74, 6) is 0.0416. The van der Waals surface area contributed by atoms with Crippen LogP contribution in [0.25, 0.3) is 0 Å². The van der Waals surface area contributed by atoms with Crippen LogP contribution in [-0.4, -0.2) is 33.8 Å². The number of anilines is 1. The van der Waals surface area contributed by atoms with Gasteiger partial charge in [0.05, 0.1) is 6.04 Å². The normalized spacial score (nSPS) is 18.6. The SMILES string of the molecule is Cc1ccc(CCNC2CCN(c3ccc(S(=O)[O-])cc3)C2=O)cc1. The number of nitrogens with one attached hydrogen (secondary N) is 1. The predicted octanol–water partition coefficient (Wildman–Crippen LogP) is 2.17. The van der Waals surface area contributed by atoms with Gasteiger partial charge >= 0.3 is 0 Å². The third kappa shape index (κ3) is 4.34. The molecule has 6 heteroatoms. The molecule has 2 unspecified atom stereocenters. The van der Waals surface area contributed by atoms with Crippen molar-refractivity contribution in [3.63, 3.8) is 0 Å². The molecule has 2 aromatic carbocycles. The highest BCUT2D eigenvalue weighted by Crippen LogP contribution is 2.22. The number of hydrogen-bond acceptors (Lipinski definition) is 4. The Balaban J connectivity index is 1.54. The molecule has 0 aromatic heterocycles. The molecule has 0 aliphatic carbocycles. The third-order valence-corrected chi connectivity index (χ3v) is 5.13. The largest absolute Gasteiger partial charge is 0.768 e. The lowest BCUT2D eigenvalue weighted by molar-refractivity contribution is -0.118. The Morgan fingerprint density at radius 1 is 1.16 bits per heavy atom. The number of aryl methyl sites for hydroxylation is 1. The van der Waals surface area contributed by atoms with Gasteiger partial charge in [-0.15, -0.1) is 0 Å². The summed E-state index contributed by atoms with van der Waals surface area (Å²) in [6, 6.07) is 14.6. The highest BCUT2D eigenvalue weighted by molar-refractivity contribution is 7.79. The van der Waals surface area contributed by atoms with Crippen LogP contribution in [0.5, 0.6) is 0 Å². The van der Waals surface area contributed by atoms with Crippen molar-refractivity contribution in [1.29, 1.82) is 0 Å². The summed E-state index contributed by atoms with van der Waals surface area (Å²) in [5, 5.41) is 3.33. The molecule has 0 bridgehead atoms. The minimum absolute atomic E-state index is 0.0416. The molecule has 1 amide bonds. The van der Waals surface area contributed by atoms with Gasteiger partial charge in [-0.05, 0) is 67.2 Å². The van der Waals surface area contributed by atoms with Gasteiger partial charge in [0, 0.05) is 17.1 Å². The van der Waals surface area contributed by atoms with Crippen molar-refractivity contribution in [3.8, 4) is 0 Å². The van der Waals surface area contributed by atoms with Gasteiger partial charge in [-0.1, -0.05) is 29.8 Å². The molecule has 0 saturated carbocycles. The number of carbonyl (C=O) groups excluding carboxylic acids is 1. The summed E-state index contributed by atoms with van der Waals surface area (Å²) in [5.41, 5.74) is 3.23. The molecule has 1 fully saturated rings. The molecule has 0 spiro atoms. The van der Waals surface area contributed by atoms with E-state index in [1.54, 1.807) is 17.0 Å². The number of carbonyl (C=O) groups is 1. The highest BCUT2D eigenvalue weighted by Gasteiger charge is 2.31.